The lowest BCUT2D eigenvalue weighted by Crippen LogP contribution is -2.59. The molecule has 5 bridgehead atoms. The Kier molecular flexibility index (Phi) is 9.63. The Balaban J connectivity index is 1.43. The molecule has 4 aliphatic heterocycles. The maximum absolute atomic E-state index is 14.8. The van der Waals surface area contributed by atoms with Gasteiger partial charge in [-0.25, -0.2) is 0 Å². The number of rotatable bonds is 6. The molecule has 1 spiro atoms. The van der Waals surface area contributed by atoms with E-state index in [-0.39, 0.29) is 37.5 Å². The molecule has 248 valence electrons. The topological polar surface area (TPSA) is 135 Å². The number of nitrogens with zero attached hydrogens (tertiary/aromatic N) is 2. The van der Waals surface area contributed by atoms with Gasteiger partial charge in [-0.2, -0.15) is 0 Å². The third kappa shape index (κ3) is 5.77. The molecule has 3 amide bonds. The zero-order valence-electron chi connectivity index (χ0n) is 26.6. The summed E-state index contributed by atoms with van der Waals surface area (Å²) < 4.78 is 18.3. The lowest BCUT2D eigenvalue weighted by molar-refractivity contribution is -0.163. The number of aliphatic hydroxyl groups is 1. The third-order valence-electron chi connectivity index (χ3n) is 10.3. The summed E-state index contributed by atoms with van der Waals surface area (Å²) in [6.07, 6.45) is 11.2. The second kappa shape index (κ2) is 13.7. The Morgan fingerprint density at radius 3 is 2.54 bits per heavy atom. The van der Waals surface area contributed by atoms with Crippen molar-refractivity contribution in [2.75, 3.05) is 26.9 Å². The van der Waals surface area contributed by atoms with Crippen LogP contribution in [0.15, 0.2) is 54.6 Å². The summed E-state index contributed by atoms with van der Waals surface area (Å²) in [6, 6.07) is 6.68. The third-order valence-corrected chi connectivity index (χ3v) is 10.3. The molecule has 1 aromatic rings. The Hall–Kier alpha value is -3.54. The lowest BCUT2D eigenvalue weighted by atomic mass is 9.74. The maximum atomic E-state index is 14.8. The van der Waals surface area contributed by atoms with Gasteiger partial charge >= 0.3 is 5.97 Å². The van der Waals surface area contributed by atoms with Gasteiger partial charge in [0, 0.05) is 26.1 Å². The van der Waals surface area contributed by atoms with Gasteiger partial charge in [0.2, 0.25) is 17.7 Å². The molecule has 2 N–H and O–H groups in total. The van der Waals surface area contributed by atoms with Crippen LogP contribution in [0.5, 0.6) is 0 Å². The van der Waals surface area contributed by atoms with E-state index in [4.69, 9.17) is 14.2 Å². The van der Waals surface area contributed by atoms with Crippen LogP contribution < -0.4 is 5.32 Å². The molecule has 11 nitrogen and oxygen atoms in total. The van der Waals surface area contributed by atoms with Gasteiger partial charge in [-0.3, -0.25) is 19.2 Å². The van der Waals surface area contributed by atoms with Gasteiger partial charge in [0.15, 0.2) is 0 Å². The highest BCUT2D eigenvalue weighted by atomic mass is 16.6. The lowest BCUT2D eigenvalue weighted by Gasteiger charge is -2.41. The number of likely N-dealkylation sites (tertiary alicyclic amines) is 1. The molecule has 4 heterocycles. The predicted molar refractivity (Wildman–Crippen MR) is 167 cm³/mol. The number of fused-ring (bicyclic) bond motifs is 2. The highest BCUT2D eigenvalue weighted by Crippen LogP contribution is 2.56. The van der Waals surface area contributed by atoms with Crippen LogP contribution >= 0.6 is 0 Å². The van der Waals surface area contributed by atoms with E-state index in [1.807, 2.05) is 47.4 Å². The van der Waals surface area contributed by atoms with E-state index >= 15 is 0 Å². The number of carbonyl (C=O) groups excluding carboxylic acids is 4. The molecule has 5 aliphatic rings. The number of carbonyl (C=O) groups is 4. The Morgan fingerprint density at radius 1 is 1.07 bits per heavy atom. The number of hydrogen-bond donors (Lipinski definition) is 2. The summed E-state index contributed by atoms with van der Waals surface area (Å²) in [7, 11) is 1.52. The number of nitrogens with one attached hydrogen (secondary N) is 1. The SMILES string of the molecule is COC[C@@H]1NC(=O)CC/C=C\CN(C2CCCCC2)C(=O)[C@H]2N([C@H](C)CO)C(=O)[C@@H]3[C@@H](C(=O)O[C@H]1c1ccccc1)[C@H]1C=C[C@]32O1. The molecule has 0 unspecified atom stereocenters. The normalized spacial score (nSPS) is 35.2. The average Bonchev–Trinajstić information content (AvgIpc) is 3.72. The standard InChI is InChI=1S/C35H45N3O8/c1-22(20-39)38-31-33(42)37(24-14-8-4-9-15-24)19-11-5-10-16-27(40)36-25(21-44-2)30(23-12-6-3-7-13-23)45-34(43)28-26-17-18-35(31,46-26)29(28)32(38)41/h3,5-7,11-13,17-18,22,24-26,28-31,39H,4,8-10,14-16,19-21H2,1-2H3,(H,36,40)/b11-5-/t22-,25+,26-,28+,29+,30+,31-,35+/m1/s1. The zero-order chi connectivity index (χ0) is 32.4. The fourth-order valence-electron chi connectivity index (χ4n) is 8.10. The van der Waals surface area contributed by atoms with Gasteiger partial charge in [0.05, 0.1) is 37.3 Å². The molecule has 1 aromatic carbocycles. The van der Waals surface area contributed by atoms with Gasteiger partial charge in [-0.1, -0.05) is 73.9 Å². The first-order chi connectivity index (χ1) is 22.3. The minimum Gasteiger partial charge on any atom is -0.455 e. The molecule has 0 radical (unpaired) electrons. The summed E-state index contributed by atoms with van der Waals surface area (Å²) in [5, 5.41) is 13.3. The molecule has 6 rings (SSSR count). The molecule has 1 aliphatic carbocycles. The number of hydrogen-bond acceptors (Lipinski definition) is 8. The summed E-state index contributed by atoms with van der Waals surface area (Å²) >= 11 is 0. The number of aliphatic hydroxyl groups excluding tert-OH is 1. The first-order valence-corrected chi connectivity index (χ1v) is 16.6. The molecule has 46 heavy (non-hydrogen) atoms. The molecule has 1 saturated carbocycles. The van der Waals surface area contributed by atoms with Gasteiger partial charge in [-0.05, 0) is 31.7 Å². The molecular formula is C35H45N3O8. The van der Waals surface area contributed by atoms with Gasteiger partial charge in [-0.15, -0.1) is 0 Å². The fourth-order valence-corrected chi connectivity index (χ4v) is 8.10. The number of ether oxygens (including phenoxy) is 3. The highest BCUT2D eigenvalue weighted by Gasteiger charge is 2.74. The van der Waals surface area contributed by atoms with Crippen molar-refractivity contribution < 1.29 is 38.5 Å². The number of cyclic esters (lactones) is 1. The van der Waals surface area contributed by atoms with Crippen LogP contribution in [0.3, 0.4) is 0 Å². The quantitative estimate of drug-likeness (QED) is 0.360. The van der Waals surface area contributed by atoms with Crippen LogP contribution in [0.2, 0.25) is 0 Å². The maximum Gasteiger partial charge on any atom is 0.313 e. The average molecular weight is 636 g/mol. The van der Waals surface area contributed by atoms with E-state index in [1.165, 1.54) is 12.0 Å². The molecule has 11 heteroatoms. The first kappa shape index (κ1) is 32.4. The number of methoxy groups -OCH3 is 1. The smallest absolute Gasteiger partial charge is 0.313 e. The predicted octanol–water partition coefficient (Wildman–Crippen LogP) is 2.44. The van der Waals surface area contributed by atoms with Crippen LogP contribution in [-0.2, 0) is 33.4 Å². The van der Waals surface area contributed by atoms with Crippen molar-refractivity contribution in [2.45, 2.75) is 93.8 Å². The van der Waals surface area contributed by atoms with Crippen LogP contribution in [-0.4, -0.2) is 101 Å². The van der Waals surface area contributed by atoms with Crippen molar-refractivity contribution in [3.8, 4) is 0 Å². The van der Waals surface area contributed by atoms with Gasteiger partial charge in [0.1, 0.15) is 23.7 Å². The Labute approximate surface area is 269 Å². The minimum absolute atomic E-state index is 0.0158. The van der Waals surface area contributed by atoms with Crippen LogP contribution in [0, 0.1) is 11.8 Å². The molecular weight excluding hydrogens is 590 g/mol. The molecule has 3 fully saturated rings. The van der Waals surface area contributed by atoms with Crippen molar-refractivity contribution in [3.05, 3.63) is 60.2 Å². The summed E-state index contributed by atoms with van der Waals surface area (Å²) in [5.41, 5.74) is -0.714. The molecule has 2 saturated heterocycles. The monoisotopic (exact) mass is 635 g/mol. The van der Waals surface area contributed by atoms with E-state index in [0.29, 0.717) is 18.5 Å². The van der Waals surface area contributed by atoms with Crippen LogP contribution in [0.4, 0.5) is 0 Å². The van der Waals surface area contributed by atoms with Crippen LogP contribution in [0.25, 0.3) is 0 Å². The first-order valence-electron chi connectivity index (χ1n) is 16.6. The molecule has 8 atom stereocenters. The van der Waals surface area contributed by atoms with Crippen molar-refractivity contribution in [1.29, 1.82) is 0 Å². The Bertz CT molecular complexity index is 1360. The van der Waals surface area contributed by atoms with Crippen molar-refractivity contribution in [3.63, 3.8) is 0 Å². The van der Waals surface area contributed by atoms with E-state index in [9.17, 15) is 24.3 Å². The van der Waals surface area contributed by atoms with E-state index < -0.39 is 59.6 Å². The van der Waals surface area contributed by atoms with Gasteiger partial charge in [0.25, 0.3) is 0 Å². The second-order valence-electron chi connectivity index (χ2n) is 13.2. The van der Waals surface area contributed by atoms with Crippen molar-refractivity contribution >= 4 is 23.7 Å². The van der Waals surface area contributed by atoms with Crippen LogP contribution in [0.1, 0.15) is 63.5 Å². The zero-order valence-corrected chi connectivity index (χ0v) is 26.6. The van der Waals surface area contributed by atoms with E-state index in [1.54, 1.807) is 19.1 Å². The second-order valence-corrected chi connectivity index (χ2v) is 13.2. The van der Waals surface area contributed by atoms with E-state index in [0.717, 1.165) is 32.1 Å². The summed E-state index contributed by atoms with van der Waals surface area (Å²) in [5.74, 6) is -3.57. The number of allylic oxidation sites excluding steroid dienone is 1. The largest absolute Gasteiger partial charge is 0.455 e. The number of esters is 1. The summed E-state index contributed by atoms with van der Waals surface area (Å²) in [4.78, 5) is 59.9. The van der Waals surface area contributed by atoms with Crippen molar-refractivity contribution in [2.24, 2.45) is 11.8 Å². The minimum atomic E-state index is -1.38. The highest BCUT2D eigenvalue weighted by molar-refractivity contribution is 5.99. The van der Waals surface area contributed by atoms with E-state index in [2.05, 4.69) is 5.32 Å². The fraction of sp³-hybridized carbons (Fsp3) is 0.600. The summed E-state index contributed by atoms with van der Waals surface area (Å²) in [6.45, 7) is 1.76. The molecule has 0 aromatic heterocycles. The Morgan fingerprint density at radius 2 is 1.83 bits per heavy atom. The number of benzene rings is 1. The van der Waals surface area contributed by atoms with Crippen molar-refractivity contribution in [1.82, 2.24) is 15.1 Å². The van der Waals surface area contributed by atoms with Gasteiger partial charge < -0.3 is 34.4 Å². The number of amides is 3.